The van der Waals surface area contributed by atoms with Gasteiger partial charge in [-0.1, -0.05) is 37.6 Å². The van der Waals surface area contributed by atoms with Crippen molar-refractivity contribution in [2.75, 3.05) is 20.3 Å². The predicted molar refractivity (Wildman–Crippen MR) is 160 cm³/mol. The van der Waals surface area contributed by atoms with Gasteiger partial charge < -0.3 is 35.0 Å². The lowest BCUT2D eigenvalue weighted by Gasteiger charge is -2.41. The summed E-state index contributed by atoms with van der Waals surface area (Å²) >= 11 is 8.13. The van der Waals surface area contributed by atoms with Crippen molar-refractivity contribution in [2.45, 2.75) is 58.1 Å². The zero-order valence-electron chi connectivity index (χ0n) is 22.8. The normalized spacial score (nSPS) is 18.7. The quantitative estimate of drug-likeness (QED) is 0.252. The Morgan fingerprint density at radius 1 is 1.18 bits per heavy atom. The summed E-state index contributed by atoms with van der Waals surface area (Å²) < 4.78 is 12.4. The third-order valence-corrected chi connectivity index (χ3v) is 7.56. The number of ether oxygens (including phenoxy) is 2. The molecule has 218 valence electrons. The number of amides is 2. The van der Waals surface area contributed by atoms with E-state index in [1.54, 1.807) is 35.2 Å². The van der Waals surface area contributed by atoms with E-state index >= 15 is 0 Å². The van der Waals surface area contributed by atoms with E-state index in [0.29, 0.717) is 31.2 Å². The van der Waals surface area contributed by atoms with Gasteiger partial charge in [-0.15, -0.1) is 0 Å². The van der Waals surface area contributed by atoms with Crippen molar-refractivity contribution in [3.63, 3.8) is 0 Å². The average Bonchev–Trinajstić information content (AvgIpc) is 2.92. The summed E-state index contributed by atoms with van der Waals surface area (Å²) in [6, 6.07) is 9.72. The van der Waals surface area contributed by atoms with Gasteiger partial charge in [0.25, 0.3) is 0 Å². The molecule has 3 atom stereocenters. The molecular weight excluding hydrogens is 651 g/mol. The molecule has 11 heteroatoms. The zero-order valence-corrected chi connectivity index (χ0v) is 25.7. The lowest BCUT2D eigenvalue weighted by Crippen LogP contribution is -2.55. The molecule has 9 nitrogen and oxygen atoms in total. The van der Waals surface area contributed by atoms with Gasteiger partial charge in [-0.3, -0.25) is 9.59 Å². The third-order valence-electron chi connectivity index (χ3n) is 6.51. The van der Waals surface area contributed by atoms with Crippen LogP contribution >= 0.6 is 34.2 Å². The molecule has 0 aromatic heterocycles. The second kappa shape index (κ2) is 15.0. The number of hydrogen-bond donors (Lipinski definition) is 4. The minimum absolute atomic E-state index is 0.0596. The van der Waals surface area contributed by atoms with Gasteiger partial charge in [0.05, 0.1) is 29.9 Å². The first-order chi connectivity index (χ1) is 19.1. The molecule has 4 N–H and O–H groups in total. The summed E-state index contributed by atoms with van der Waals surface area (Å²) in [6.45, 7) is 3.73. The topological polar surface area (TPSA) is 129 Å². The number of nitrogens with one attached hydrogen (secondary N) is 1. The molecule has 0 saturated heterocycles. The van der Waals surface area contributed by atoms with Crippen LogP contribution in [0.4, 0.5) is 0 Å². The Kier molecular flexibility index (Phi) is 12.1. The lowest BCUT2D eigenvalue weighted by molar-refractivity contribution is -0.140. The molecule has 0 bridgehead atoms. The minimum Gasteiger partial charge on any atom is -0.493 e. The number of aliphatic hydroxyl groups is 3. The molecule has 0 aliphatic heterocycles. The molecule has 0 saturated carbocycles. The fourth-order valence-corrected chi connectivity index (χ4v) is 5.46. The first-order valence-corrected chi connectivity index (χ1v) is 14.5. The summed E-state index contributed by atoms with van der Waals surface area (Å²) in [5, 5.41) is 33.7. The second-order valence-corrected chi connectivity index (χ2v) is 11.6. The van der Waals surface area contributed by atoms with Crippen LogP contribution in [-0.4, -0.2) is 70.5 Å². The largest absolute Gasteiger partial charge is 0.493 e. The molecule has 3 unspecified atom stereocenters. The van der Waals surface area contributed by atoms with Gasteiger partial charge in [0.2, 0.25) is 11.8 Å². The monoisotopic (exact) mass is 686 g/mol. The molecule has 1 aliphatic rings. The van der Waals surface area contributed by atoms with Crippen molar-refractivity contribution < 1.29 is 34.4 Å². The van der Waals surface area contributed by atoms with Crippen LogP contribution < -0.4 is 14.8 Å². The molecule has 0 fully saturated rings. The molecule has 0 spiro atoms. The fraction of sp³-hybridized carbons (Fsp3) is 0.448. The number of rotatable bonds is 12. The van der Waals surface area contributed by atoms with Crippen molar-refractivity contribution >= 4 is 46.0 Å². The number of nitrogens with zero attached hydrogens (tertiary/aromatic N) is 1. The van der Waals surface area contributed by atoms with Gasteiger partial charge in [-0.05, 0) is 70.0 Å². The maximum Gasteiger partial charge on any atom is 0.247 e. The lowest BCUT2D eigenvalue weighted by atomic mass is 9.87. The Balaban J connectivity index is 2.04. The van der Waals surface area contributed by atoms with Crippen molar-refractivity contribution in [1.29, 1.82) is 0 Å². The standard InChI is InChI=1S/C29H36ClIN2O7/c1-17(2)10-26(36)33(15-18-4-6-21(30)7-5-18)23-13-20(29(38)32-8-9-34)14-24(27(23)37)40-28-22(31)11-19(16-35)12-25(28)39-3/h4-7,11-12,14,17,23-24,27,34-35,37H,8-10,13,15-16H2,1-3H3,(H,32,38). The van der Waals surface area contributed by atoms with Crippen molar-refractivity contribution in [3.8, 4) is 11.5 Å². The van der Waals surface area contributed by atoms with Crippen LogP contribution in [0.3, 0.4) is 0 Å². The summed E-state index contributed by atoms with van der Waals surface area (Å²) in [5.41, 5.74) is 1.78. The number of carbonyl (C=O) groups is 2. The molecule has 2 aromatic carbocycles. The molecule has 0 radical (unpaired) electrons. The van der Waals surface area contributed by atoms with Crippen molar-refractivity contribution in [1.82, 2.24) is 10.2 Å². The van der Waals surface area contributed by atoms with Crippen LogP contribution in [0, 0.1) is 9.49 Å². The van der Waals surface area contributed by atoms with Gasteiger partial charge >= 0.3 is 0 Å². The Labute approximate surface area is 253 Å². The summed E-state index contributed by atoms with van der Waals surface area (Å²) in [4.78, 5) is 28.2. The zero-order chi connectivity index (χ0) is 29.4. The highest BCUT2D eigenvalue weighted by atomic mass is 127. The summed E-state index contributed by atoms with van der Waals surface area (Å²) in [7, 11) is 1.47. The Bertz CT molecular complexity index is 1210. The van der Waals surface area contributed by atoms with E-state index in [4.69, 9.17) is 21.1 Å². The Hall–Kier alpha value is -2.38. The smallest absolute Gasteiger partial charge is 0.247 e. The summed E-state index contributed by atoms with van der Waals surface area (Å²) in [6.07, 6.45) is -0.289. The molecule has 2 amide bonds. The number of benzene rings is 2. The average molecular weight is 687 g/mol. The van der Waals surface area contributed by atoms with Crippen LogP contribution in [0.15, 0.2) is 48.0 Å². The molecule has 3 rings (SSSR count). The maximum atomic E-state index is 13.6. The second-order valence-electron chi connectivity index (χ2n) is 10.0. The highest BCUT2D eigenvalue weighted by Crippen LogP contribution is 2.37. The van der Waals surface area contributed by atoms with E-state index in [9.17, 15) is 24.9 Å². The number of carbonyl (C=O) groups excluding carboxylic acids is 2. The molecule has 0 heterocycles. The van der Waals surface area contributed by atoms with E-state index in [1.807, 2.05) is 26.0 Å². The third kappa shape index (κ3) is 8.32. The van der Waals surface area contributed by atoms with Crippen LogP contribution in [0.5, 0.6) is 11.5 Å². The van der Waals surface area contributed by atoms with E-state index < -0.39 is 24.2 Å². The van der Waals surface area contributed by atoms with Crippen LogP contribution in [-0.2, 0) is 22.7 Å². The first-order valence-electron chi connectivity index (χ1n) is 13.0. The number of aliphatic hydroxyl groups excluding tert-OH is 3. The number of methoxy groups -OCH3 is 1. The molecule has 40 heavy (non-hydrogen) atoms. The van der Waals surface area contributed by atoms with Crippen LogP contribution in [0.1, 0.15) is 37.8 Å². The SMILES string of the molecule is COc1cc(CO)cc(I)c1OC1C=C(C(=O)NCCO)CC(N(Cc2ccc(Cl)cc2)C(=O)CC(C)C)C1O. The van der Waals surface area contributed by atoms with Crippen LogP contribution in [0.25, 0.3) is 0 Å². The number of halogens is 2. The summed E-state index contributed by atoms with van der Waals surface area (Å²) in [5.74, 6) is 0.198. The van der Waals surface area contributed by atoms with Gasteiger partial charge in [0.1, 0.15) is 12.2 Å². The highest BCUT2D eigenvalue weighted by Gasteiger charge is 2.41. The van der Waals surface area contributed by atoms with Crippen LogP contribution in [0.2, 0.25) is 5.02 Å². The molecule has 1 aliphatic carbocycles. The highest BCUT2D eigenvalue weighted by molar-refractivity contribution is 14.1. The van der Waals surface area contributed by atoms with Crippen molar-refractivity contribution in [3.05, 3.63) is 67.8 Å². The van der Waals surface area contributed by atoms with Gasteiger partial charge in [-0.2, -0.15) is 0 Å². The van der Waals surface area contributed by atoms with Gasteiger partial charge in [-0.25, -0.2) is 0 Å². The van der Waals surface area contributed by atoms with E-state index in [0.717, 1.165) is 5.56 Å². The van der Waals surface area contributed by atoms with E-state index in [1.165, 1.54) is 7.11 Å². The minimum atomic E-state index is -1.18. The van der Waals surface area contributed by atoms with E-state index in [2.05, 4.69) is 27.9 Å². The van der Waals surface area contributed by atoms with Gasteiger partial charge in [0.15, 0.2) is 11.5 Å². The van der Waals surface area contributed by atoms with Gasteiger partial charge in [0, 0.05) is 36.5 Å². The maximum absolute atomic E-state index is 13.6. The fourth-order valence-electron chi connectivity index (χ4n) is 4.54. The predicted octanol–water partition coefficient (Wildman–Crippen LogP) is 3.44. The molecule has 2 aromatic rings. The molecular formula is C29H36ClIN2O7. The first kappa shape index (κ1) is 32.1. The number of hydrogen-bond acceptors (Lipinski definition) is 7. The van der Waals surface area contributed by atoms with E-state index in [-0.39, 0.29) is 51.0 Å². The Morgan fingerprint density at radius 3 is 2.48 bits per heavy atom. The Morgan fingerprint density at radius 2 is 1.88 bits per heavy atom. The van der Waals surface area contributed by atoms with Crippen molar-refractivity contribution in [2.24, 2.45) is 5.92 Å².